The third-order valence-corrected chi connectivity index (χ3v) is 4.37. The fraction of sp³-hybridized carbons (Fsp3) is 0.167. The topological polar surface area (TPSA) is 36.1 Å². The zero-order valence-electron chi connectivity index (χ0n) is 12.2. The molecule has 3 nitrogen and oxygen atoms in total. The number of nitrogens with zero attached hydrogens (tertiary/aromatic N) is 1. The highest BCUT2D eigenvalue weighted by Gasteiger charge is 2.27. The van der Waals surface area contributed by atoms with Crippen LogP contribution in [0.15, 0.2) is 42.5 Å². The Morgan fingerprint density at radius 3 is 2.91 bits per heavy atom. The molecule has 4 heteroatoms. The molecule has 1 N–H and O–H groups in total. The van der Waals surface area contributed by atoms with Gasteiger partial charge in [0.1, 0.15) is 11.5 Å². The number of carbonyl (C=O) groups is 1. The molecule has 1 aliphatic heterocycles. The largest absolute Gasteiger partial charge is 0.350 e. The molecule has 0 atom stereocenters. The van der Waals surface area contributed by atoms with Crippen LogP contribution in [0.5, 0.6) is 0 Å². The fourth-order valence-electron chi connectivity index (χ4n) is 3.21. The Bertz CT molecular complexity index is 897. The summed E-state index contributed by atoms with van der Waals surface area (Å²) in [6.45, 7) is 2.58. The minimum absolute atomic E-state index is 0.0564. The number of rotatable bonds is 1. The first-order valence-electron chi connectivity index (χ1n) is 7.33. The molecule has 0 aliphatic carbocycles. The number of H-pyrrole nitrogens is 1. The second-order valence-corrected chi connectivity index (χ2v) is 5.65. The monoisotopic (exact) mass is 294 g/mol. The number of hydrogen-bond donors (Lipinski definition) is 1. The number of aromatic amines is 1. The van der Waals surface area contributed by atoms with Gasteiger partial charge >= 0.3 is 0 Å². The Balaban J connectivity index is 1.80. The van der Waals surface area contributed by atoms with Crippen molar-refractivity contribution < 1.29 is 9.18 Å². The predicted octanol–water partition coefficient (Wildman–Crippen LogP) is 3.82. The van der Waals surface area contributed by atoms with Crippen LogP contribution in [-0.2, 0) is 6.42 Å². The Hall–Kier alpha value is -2.62. The minimum atomic E-state index is -0.306. The molecule has 0 fully saturated rings. The molecule has 1 aliphatic rings. The maximum Gasteiger partial charge on any atom is 0.275 e. The summed E-state index contributed by atoms with van der Waals surface area (Å²) in [6.07, 6.45) is 0.871. The molecule has 1 aromatic heterocycles. The summed E-state index contributed by atoms with van der Waals surface area (Å²) in [5.41, 5.74) is 4.22. The molecular formula is C18H15FN2O. The fourth-order valence-corrected chi connectivity index (χ4v) is 3.21. The van der Waals surface area contributed by atoms with Crippen LogP contribution in [0.1, 0.15) is 21.6 Å². The van der Waals surface area contributed by atoms with E-state index < -0.39 is 0 Å². The van der Waals surface area contributed by atoms with Crippen molar-refractivity contribution in [2.75, 3.05) is 11.4 Å². The first kappa shape index (κ1) is 13.1. The second-order valence-electron chi connectivity index (χ2n) is 5.65. The Labute approximate surface area is 127 Å². The molecule has 0 bridgehead atoms. The lowest BCUT2D eigenvalue weighted by molar-refractivity contribution is 0.0985. The van der Waals surface area contributed by atoms with Gasteiger partial charge in [-0.3, -0.25) is 4.79 Å². The van der Waals surface area contributed by atoms with Gasteiger partial charge in [0, 0.05) is 23.1 Å². The molecule has 0 unspecified atom stereocenters. The smallest absolute Gasteiger partial charge is 0.275 e. The number of halogens is 1. The quantitative estimate of drug-likeness (QED) is 0.727. The van der Waals surface area contributed by atoms with Crippen LogP contribution in [0.3, 0.4) is 0 Å². The number of anilines is 1. The number of hydrogen-bond acceptors (Lipinski definition) is 1. The lowest BCUT2D eigenvalue weighted by Gasteiger charge is -2.17. The highest BCUT2D eigenvalue weighted by molar-refractivity contribution is 6.10. The van der Waals surface area contributed by atoms with Crippen molar-refractivity contribution in [3.05, 3.63) is 65.1 Å². The van der Waals surface area contributed by atoms with E-state index in [4.69, 9.17) is 0 Å². The summed E-state index contributed by atoms with van der Waals surface area (Å²) < 4.78 is 13.4. The van der Waals surface area contributed by atoms with E-state index in [0.717, 1.165) is 23.1 Å². The molecule has 110 valence electrons. The molecule has 0 spiro atoms. The van der Waals surface area contributed by atoms with Crippen LogP contribution in [0.4, 0.5) is 10.1 Å². The Morgan fingerprint density at radius 1 is 1.23 bits per heavy atom. The number of aromatic nitrogens is 1. The molecule has 0 saturated heterocycles. The van der Waals surface area contributed by atoms with E-state index in [1.165, 1.54) is 17.7 Å². The average molecular weight is 294 g/mol. The predicted molar refractivity (Wildman–Crippen MR) is 84.8 cm³/mol. The lowest BCUT2D eigenvalue weighted by Crippen LogP contribution is -2.29. The van der Waals surface area contributed by atoms with E-state index in [1.54, 1.807) is 11.0 Å². The number of amides is 1. The molecule has 2 aromatic carbocycles. The van der Waals surface area contributed by atoms with Crippen molar-refractivity contribution in [1.29, 1.82) is 0 Å². The maximum absolute atomic E-state index is 13.4. The number of fused-ring (bicyclic) bond motifs is 2. The molecule has 2 heterocycles. The number of aryl methyl sites for hydroxylation is 1. The number of para-hydroxylation sites is 1. The first-order valence-corrected chi connectivity index (χ1v) is 7.33. The highest BCUT2D eigenvalue weighted by Crippen LogP contribution is 2.30. The second kappa shape index (κ2) is 4.70. The average Bonchev–Trinajstić information content (AvgIpc) is 3.08. The van der Waals surface area contributed by atoms with E-state index >= 15 is 0 Å². The van der Waals surface area contributed by atoms with E-state index in [0.29, 0.717) is 17.8 Å². The van der Waals surface area contributed by atoms with Crippen molar-refractivity contribution in [3.8, 4) is 0 Å². The summed E-state index contributed by atoms with van der Waals surface area (Å²) in [4.78, 5) is 17.8. The van der Waals surface area contributed by atoms with Crippen LogP contribution in [0.25, 0.3) is 10.9 Å². The number of benzene rings is 2. The normalized spacial score (nSPS) is 13.6. The van der Waals surface area contributed by atoms with E-state index in [-0.39, 0.29) is 11.7 Å². The van der Waals surface area contributed by atoms with Crippen LogP contribution in [-0.4, -0.2) is 17.4 Å². The Morgan fingerprint density at radius 2 is 2.05 bits per heavy atom. The third-order valence-electron chi connectivity index (χ3n) is 4.37. The molecule has 1 amide bonds. The summed E-state index contributed by atoms with van der Waals surface area (Å²) in [7, 11) is 0. The van der Waals surface area contributed by atoms with E-state index in [9.17, 15) is 9.18 Å². The molecule has 0 saturated carbocycles. The highest BCUT2D eigenvalue weighted by atomic mass is 19.1. The van der Waals surface area contributed by atoms with Gasteiger partial charge in [0.2, 0.25) is 0 Å². The van der Waals surface area contributed by atoms with Crippen molar-refractivity contribution in [1.82, 2.24) is 4.98 Å². The summed E-state index contributed by atoms with van der Waals surface area (Å²) in [6, 6.07) is 12.5. The summed E-state index contributed by atoms with van der Waals surface area (Å²) in [5.74, 6) is -0.363. The third kappa shape index (κ3) is 1.84. The molecule has 0 radical (unpaired) electrons. The van der Waals surface area contributed by atoms with Crippen LogP contribution >= 0.6 is 0 Å². The molecule has 3 aromatic rings. The Kier molecular flexibility index (Phi) is 2.79. The SMILES string of the molecule is Cc1c(C(=O)N2CCc3ccccc32)[nH]c2cc(F)ccc12. The van der Waals surface area contributed by atoms with Gasteiger partial charge in [-0.25, -0.2) is 4.39 Å². The van der Waals surface area contributed by atoms with Crippen LogP contribution < -0.4 is 4.90 Å². The van der Waals surface area contributed by atoms with Crippen molar-refractivity contribution in [3.63, 3.8) is 0 Å². The lowest BCUT2D eigenvalue weighted by atomic mass is 10.1. The summed E-state index contributed by atoms with van der Waals surface area (Å²) in [5, 5.41) is 0.886. The van der Waals surface area contributed by atoms with Gasteiger partial charge < -0.3 is 9.88 Å². The van der Waals surface area contributed by atoms with Crippen LogP contribution in [0, 0.1) is 12.7 Å². The van der Waals surface area contributed by atoms with Gasteiger partial charge in [0.25, 0.3) is 5.91 Å². The standard InChI is InChI=1S/C18H15FN2O/c1-11-14-7-6-13(19)10-15(14)20-17(11)18(22)21-9-8-12-4-2-3-5-16(12)21/h2-7,10,20H,8-9H2,1H3. The van der Waals surface area contributed by atoms with Gasteiger partial charge in [0.15, 0.2) is 0 Å². The van der Waals surface area contributed by atoms with Gasteiger partial charge in [-0.05, 0) is 48.7 Å². The van der Waals surface area contributed by atoms with Gasteiger partial charge in [-0.15, -0.1) is 0 Å². The molecule has 22 heavy (non-hydrogen) atoms. The first-order chi connectivity index (χ1) is 10.6. The zero-order chi connectivity index (χ0) is 15.3. The van der Waals surface area contributed by atoms with Crippen molar-refractivity contribution in [2.45, 2.75) is 13.3 Å². The van der Waals surface area contributed by atoms with Gasteiger partial charge in [-0.1, -0.05) is 18.2 Å². The van der Waals surface area contributed by atoms with Crippen LogP contribution in [0.2, 0.25) is 0 Å². The zero-order valence-corrected chi connectivity index (χ0v) is 12.2. The molecule has 4 rings (SSSR count). The van der Waals surface area contributed by atoms with Gasteiger partial charge in [-0.2, -0.15) is 0 Å². The number of nitrogens with one attached hydrogen (secondary N) is 1. The van der Waals surface area contributed by atoms with E-state index in [2.05, 4.69) is 11.1 Å². The summed E-state index contributed by atoms with van der Waals surface area (Å²) >= 11 is 0. The maximum atomic E-state index is 13.4. The van der Waals surface area contributed by atoms with E-state index in [1.807, 2.05) is 25.1 Å². The van der Waals surface area contributed by atoms with Crippen molar-refractivity contribution in [2.24, 2.45) is 0 Å². The number of carbonyl (C=O) groups excluding carboxylic acids is 1. The molecular weight excluding hydrogens is 279 g/mol. The minimum Gasteiger partial charge on any atom is -0.350 e. The van der Waals surface area contributed by atoms with Gasteiger partial charge in [0.05, 0.1) is 0 Å². The van der Waals surface area contributed by atoms with Crippen molar-refractivity contribution >= 4 is 22.5 Å².